The summed E-state index contributed by atoms with van der Waals surface area (Å²) in [5.41, 5.74) is 0.438. The average molecular weight is 334 g/mol. The molecule has 0 aliphatic rings. The highest BCUT2D eigenvalue weighted by molar-refractivity contribution is 7.10. The van der Waals surface area contributed by atoms with Crippen LogP contribution in [0.1, 0.15) is 42.8 Å². The van der Waals surface area contributed by atoms with Crippen LogP contribution in [0.25, 0.3) is 0 Å². The van der Waals surface area contributed by atoms with Gasteiger partial charge in [0.1, 0.15) is 5.82 Å². The number of amides is 2. The average Bonchev–Trinajstić information content (AvgIpc) is 3.00. The first-order chi connectivity index (χ1) is 11.0. The second-order valence-electron chi connectivity index (χ2n) is 5.28. The van der Waals surface area contributed by atoms with Crippen LogP contribution in [-0.4, -0.2) is 11.8 Å². The monoisotopic (exact) mass is 334 g/mol. The molecule has 122 valence electrons. The Morgan fingerprint density at radius 1 is 1.17 bits per heavy atom. The fourth-order valence-electron chi connectivity index (χ4n) is 2.35. The second-order valence-corrected chi connectivity index (χ2v) is 6.26. The molecule has 0 bridgehead atoms. The third-order valence-electron chi connectivity index (χ3n) is 3.40. The van der Waals surface area contributed by atoms with Crippen LogP contribution in [0.5, 0.6) is 0 Å². The van der Waals surface area contributed by atoms with E-state index >= 15 is 0 Å². The van der Waals surface area contributed by atoms with Crippen molar-refractivity contribution >= 4 is 23.2 Å². The van der Waals surface area contributed by atoms with Crippen LogP contribution in [0.15, 0.2) is 41.8 Å². The summed E-state index contributed by atoms with van der Waals surface area (Å²) in [4.78, 5) is 24.5. The van der Waals surface area contributed by atoms with Crippen molar-refractivity contribution in [2.75, 3.05) is 0 Å². The van der Waals surface area contributed by atoms with Crippen LogP contribution < -0.4 is 10.6 Å². The Balaban J connectivity index is 2.02. The first-order valence-electron chi connectivity index (χ1n) is 7.31. The lowest BCUT2D eigenvalue weighted by Crippen LogP contribution is -2.33. The summed E-state index contributed by atoms with van der Waals surface area (Å²) in [6, 6.07) is 9.27. The summed E-state index contributed by atoms with van der Waals surface area (Å²) in [7, 11) is 0. The van der Waals surface area contributed by atoms with Crippen molar-refractivity contribution in [3.05, 3.63) is 58.0 Å². The number of hydrogen-bond acceptors (Lipinski definition) is 3. The van der Waals surface area contributed by atoms with Crippen LogP contribution in [0.2, 0.25) is 0 Å². The number of halogens is 1. The Kier molecular flexibility index (Phi) is 5.87. The third-order valence-corrected chi connectivity index (χ3v) is 4.39. The van der Waals surface area contributed by atoms with Gasteiger partial charge in [0.25, 0.3) is 0 Å². The van der Waals surface area contributed by atoms with Crippen LogP contribution >= 0.6 is 11.3 Å². The molecule has 2 rings (SSSR count). The fraction of sp³-hybridized carbons (Fsp3) is 0.294. The van der Waals surface area contributed by atoms with Crippen LogP contribution in [0.4, 0.5) is 4.39 Å². The molecular formula is C17H19FN2O2S. The highest BCUT2D eigenvalue weighted by atomic mass is 32.1. The van der Waals surface area contributed by atoms with E-state index in [4.69, 9.17) is 0 Å². The molecule has 23 heavy (non-hydrogen) atoms. The maximum absolute atomic E-state index is 13.7. The Labute approximate surface area is 138 Å². The van der Waals surface area contributed by atoms with E-state index in [9.17, 15) is 14.0 Å². The highest BCUT2D eigenvalue weighted by Crippen LogP contribution is 2.23. The Morgan fingerprint density at radius 2 is 1.91 bits per heavy atom. The molecule has 0 saturated carbocycles. The fourth-order valence-corrected chi connectivity index (χ4v) is 3.13. The van der Waals surface area contributed by atoms with Crippen molar-refractivity contribution in [1.82, 2.24) is 10.6 Å². The molecule has 0 saturated heterocycles. The molecule has 2 amide bonds. The Hall–Kier alpha value is -2.21. The zero-order valence-electron chi connectivity index (χ0n) is 13.0. The van der Waals surface area contributed by atoms with E-state index in [0.29, 0.717) is 5.56 Å². The van der Waals surface area contributed by atoms with E-state index < -0.39 is 6.04 Å². The van der Waals surface area contributed by atoms with Gasteiger partial charge < -0.3 is 10.6 Å². The zero-order valence-corrected chi connectivity index (χ0v) is 13.8. The number of carbonyl (C=O) groups is 2. The highest BCUT2D eigenvalue weighted by Gasteiger charge is 2.20. The number of nitrogens with one attached hydrogen (secondary N) is 2. The summed E-state index contributed by atoms with van der Waals surface area (Å²) in [5, 5.41) is 7.44. The van der Waals surface area contributed by atoms with Gasteiger partial charge in [-0.1, -0.05) is 24.3 Å². The van der Waals surface area contributed by atoms with Gasteiger partial charge in [0.05, 0.1) is 18.5 Å². The summed E-state index contributed by atoms with van der Waals surface area (Å²) in [5.74, 6) is -0.789. The standard InChI is InChI=1S/C17H19FN2O2S/c1-11(13-6-3-4-7-14(13)18)19-17(22)10-15(20-12(2)21)16-8-5-9-23-16/h3-9,11,15H,10H2,1-2H3,(H,19,22)(H,20,21)/t11-,15+/m0/s1. The van der Waals surface area contributed by atoms with Crippen LogP contribution in [0.3, 0.4) is 0 Å². The van der Waals surface area contributed by atoms with Crippen molar-refractivity contribution < 1.29 is 14.0 Å². The van der Waals surface area contributed by atoms with Gasteiger partial charge in [0, 0.05) is 17.4 Å². The second kappa shape index (κ2) is 7.87. The molecule has 0 unspecified atom stereocenters. The SMILES string of the molecule is CC(=O)N[C@H](CC(=O)N[C@@H](C)c1ccccc1F)c1cccs1. The summed E-state index contributed by atoms with van der Waals surface area (Å²) >= 11 is 1.48. The molecular weight excluding hydrogens is 315 g/mol. The van der Waals surface area contributed by atoms with Gasteiger partial charge in [-0.05, 0) is 24.4 Å². The molecule has 1 aromatic heterocycles. The van der Waals surface area contributed by atoms with E-state index in [2.05, 4.69) is 10.6 Å². The smallest absolute Gasteiger partial charge is 0.222 e. The van der Waals surface area contributed by atoms with Gasteiger partial charge in [-0.25, -0.2) is 4.39 Å². The largest absolute Gasteiger partial charge is 0.349 e. The summed E-state index contributed by atoms with van der Waals surface area (Å²) < 4.78 is 13.7. The van der Waals surface area contributed by atoms with Crippen LogP contribution in [-0.2, 0) is 9.59 Å². The number of rotatable bonds is 6. The van der Waals surface area contributed by atoms with E-state index in [1.807, 2.05) is 17.5 Å². The molecule has 0 fully saturated rings. The maximum Gasteiger partial charge on any atom is 0.222 e. The molecule has 2 atom stereocenters. The minimum atomic E-state index is -0.440. The van der Waals surface area contributed by atoms with Gasteiger partial charge >= 0.3 is 0 Å². The lowest BCUT2D eigenvalue weighted by molar-refractivity contribution is -0.123. The van der Waals surface area contributed by atoms with Crippen molar-refractivity contribution in [2.24, 2.45) is 0 Å². The number of carbonyl (C=O) groups excluding carboxylic acids is 2. The van der Waals surface area contributed by atoms with Gasteiger partial charge in [0.2, 0.25) is 11.8 Å². The zero-order chi connectivity index (χ0) is 16.8. The summed E-state index contributed by atoms with van der Waals surface area (Å²) in [6.07, 6.45) is 0.110. The predicted molar refractivity (Wildman–Crippen MR) is 88.5 cm³/mol. The molecule has 6 heteroatoms. The maximum atomic E-state index is 13.7. The van der Waals surface area contributed by atoms with Crippen molar-refractivity contribution in [3.8, 4) is 0 Å². The lowest BCUT2D eigenvalue weighted by atomic mass is 10.1. The predicted octanol–water partition coefficient (Wildman–Crippen LogP) is 3.33. The molecule has 0 spiro atoms. The third kappa shape index (κ3) is 4.89. The molecule has 1 heterocycles. The minimum absolute atomic E-state index is 0.110. The first-order valence-corrected chi connectivity index (χ1v) is 8.19. The van der Waals surface area contributed by atoms with Gasteiger partial charge in [0.15, 0.2) is 0 Å². The molecule has 2 N–H and O–H groups in total. The van der Waals surface area contributed by atoms with Crippen molar-refractivity contribution in [1.29, 1.82) is 0 Å². The van der Waals surface area contributed by atoms with Gasteiger partial charge in [-0.2, -0.15) is 0 Å². The first kappa shape index (κ1) is 17.1. The number of hydrogen-bond donors (Lipinski definition) is 2. The number of benzene rings is 1. The summed E-state index contributed by atoms with van der Waals surface area (Å²) in [6.45, 7) is 3.15. The van der Waals surface area contributed by atoms with Crippen molar-refractivity contribution in [2.45, 2.75) is 32.4 Å². The quantitative estimate of drug-likeness (QED) is 0.851. The van der Waals surface area contributed by atoms with E-state index in [1.54, 1.807) is 25.1 Å². The van der Waals surface area contributed by atoms with E-state index in [1.165, 1.54) is 24.3 Å². The molecule has 0 aliphatic heterocycles. The van der Waals surface area contributed by atoms with Crippen molar-refractivity contribution in [3.63, 3.8) is 0 Å². The number of thiophene rings is 1. The van der Waals surface area contributed by atoms with E-state index in [0.717, 1.165) is 4.88 Å². The minimum Gasteiger partial charge on any atom is -0.349 e. The molecule has 0 aliphatic carbocycles. The normalized spacial score (nSPS) is 13.2. The topological polar surface area (TPSA) is 58.2 Å². The lowest BCUT2D eigenvalue weighted by Gasteiger charge is -2.19. The van der Waals surface area contributed by atoms with Gasteiger partial charge in [-0.3, -0.25) is 9.59 Å². The molecule has 2 aromatic rings. The van der Waals surface area contributed by atoms with Crippen LogP contribution in [0, 0.1) is 5.82 Å². The molecule has 1 aromatic carbocycles. The Morgan fingerprint density at radius 3 is 2.52 bits per heavy atom. The molecule has 4 nitrogen and oxygen atoms in total. The van der Waals surface area contributed by atoms with Gasteiger partial charge in [-0.15, -0.1) is 11.3 Å². The molecule has 0 radical (unpaired) electrons. The van der Waals surface area contributed by atoms with E-state index in [-0.39, 0.29) is 30.1 Å². The Bertz CT molecular complexity index is 673.